The summed E-state index contributed by atoms with van der Waals surface area (Å²) in [5, 5.41) is 3.06. The summed E-state index contributed by atoms with van der Waals surface area (Å²) in [5.74, 6) is 2.21. The van der Waals surface area contributed by atoms with Gasteiger partial charge in [0.1, 0.15) is 5.54 Å². The van der Waals surface area contributed by atoms with E-state index >= 15 is 0 Å². The van der Waals surface area contributed by atoms with Crippen LogP contribution in [0.2, 0.25) is 0 Å². The first kappa shape index (κ1) is 20.0. The number of ether oxygens (including phenoxy) is 2. The van der Waals surface area contributed by atoms with Crippen molar-refractivity contribution in [1.82, 2.24) is 9.80 Å². The molecule has 2 saturated heterocycles. The van der Waals surface area contributed by atoms with Gasteiger partial charge in [0.2, 0.25) is 18.6 Å². The standard InChI is InChI=1S/C22H31N3O4/c1-15(2)10-16-11-20(26)25(13-16)22(6-8-24(3)9-7-22)21(27)23-17-4-5-18-19(12-17)29-14-28-18/h4-5,12,15-16H,6-11,13-14H2,1-3H3,(H,23,27)/t16-/m0/s1. The maximum atomic E-state index is 13.6. The second kappa shape index (κ2) is 7.86. The molecule has 7 nitrogen and oxygen atoms in total. The molecule has 0 spiro atoms. The lowest BCUT2D eigenvalue weighted by Gasteiger charge is -2.45. The number of anilines is 1. The summed E-state index contributed by atoms with van der Waals surface area (Å²) in [5.41, 5.74) is -0.117. The Morgan fingerprint density at radius 3 is 2.69 bits per heavy atom. The van der Waals surface area contributed by atoms with Gasteiger partial charge in [-0.1, -0.05) is 13.8 Å². The van der Waals surface area contributed by atoms with Crippen molar-refractivity contribution in [2.45, 2.75) is 45.1 Å². The van der Waals surface area contributed by atoms with Crippen LogP contribution in [-0.4, -0.2) is 60.6 Å². The zero-order valence-electron chi connectivity index (χ0n) is 17.6. The lowest BCUT2D eigenvalue weighted by atomic mass is 9.84. The average Bonchev–Trinajstić information content (AvgIpc) is 3.28. The first-order chi connectivity index (χ1) is 13.9. The Labute approximate surface area is 172 Å². The highest BCUT2D eigenvalue weighted by molar-refractivity contribution is 6.01. The largest absolute Gasteiger partial charge is 0.454 e. The number of rotatable bonds is 5. The van der Waals surface area contributed by atoms with Crippen molar-refractivity contribution in [3.63, 3.8) is 0 Å². The quantitative estimate of drug-likeness (QED) is 0.821. The van der Waals surface area contributed by atoms with E-state index in [0.717, 1.165) is 19.5 Å². The van der Waals surface area contributed by atoms with Crippen LogP contribution in [0.1, 0.15) is 39.5 Å². The van der Waals surface area contributed by atoms with Gasteiger partial charge >= 0.3 is 0 Å². The van der Waals surface area contributed by atoms with Crippen LogP contribution in [-0.2, 0) is 9.59 Å². The summed E-state index contributed by atoms with van der Waals surface area (Å²) in [7, 11) is 2.06. The minimum Gasteiger partial charge on any atom is -0.454 e. The second-order valence-corrected chi connectivity index (χ2v) is 9.06. The van der Waals surface area contributed by atoms with E-state index in [-0.39, 0.29) is 18.6 Å². The average molecular weight is 402 g/mol. The van der Waals surface area contributed by atoms with Crippen molar-refractivity contribution in [2.75, 3.05) is 38.8 Å². The lowest BCUT2D eigenvalue weighted by Crippen LogP contribution is -2.62. The minimum absolute atomic E-state index is 0.0944. The van der Waals surface area contributed by atoms with Crippen LogP contribution < -0.4 is 14.8 Å². The summed E-state index contributed by atoms with van der Waals surface area (Å²) < 4.78 is 10.8. The van der Waals surface area contributed by atoms with E-state index in [2.05, 4.69) is 31.1 Å². The van der Waals surface area contributed by atoms with Gasteiger partial charge in [0.05, 0.1) is 0 Å². The van der Waals surface area contributed by atoms with Gasteiger partial charge in [0.15, 0.2) is 11.5 Å². The van der Waals surface area contributed by atoms with Crippen molar-refractivity contribution in [3.05, 3.63) is 18.2 Å². The van der Waals surface area contributed by atoms with Crippen molar-refractivity contribution < 1.29 is 19.1 Å². The van der Waals surface area contributed by atoms with Crippen molar-refractivity contribution in [2.24, 2.45) is 11.8 Å². The summed E-state index contributed by atoms with van der Waals surface area (Å²) in [6.45, 7) is 6.84. The molecule has 3 aliphatic heterocycles. The molecule has 1 aromatic carbocycles. The topological polar surface area (TPSA) is 71.1 Å². The van der Waals surface area contributed by atoms with Crippen molar-refractivity contribution in [3.8, 4) is 11.5 Å². The molecule has 0 radical (unpaired) electrons. The molecule has 3 heterocycles. The second-order valence-electron chi connectivity index (χ2n) is 9.06. The fraction of sp³-hybridized carbons (Fsp3) is 0.636. The molecule has 3 aliphatic rings. The van der Waals surface area contributed by atoms with E-state index in [4.69, 9.17) is 9.47 Å². The Morgan fingerprint density at radius 2 is 1.97 bits per heavy atom. The fourth-order valence-corrected chi connectivity index (χ4v) is 4.85. The molecule has 4 rings (SSSR count). The third-order valence-corrected chi connectivity index (χ3v) is 6.39. The predicted molar refractivity (Wildman–Crippen MR) is 110 cm³/mol. The number of hydrogen-bond donors (Lipinski definition) is 1. The Kier molecular flexibility index (Phi) is 5.42. The third kappa shape index (κ3) is 3.92. The molecule has 7 heteroatoms. The van der Waals surface area contributed by atoms with Gasteiger partial charge in [-0.2, -0.15) is 0 Å². The Balaban J connectivity index is 1.56. The molecule has 0 saturated carbocycles. The number of likely N-dealkylation sites (tertiary alicyclic amines) is 2. The number of benzene rings is 1. The highest BCUT2D eigenvalue weighted by Gasteiger charge is 2.50. The minimum atomic E-state index is -0.786. The third-order valence-electron chi connectivity index (χ3n) is 6.39. The fourth-order valence-electron chi connectivity index (χ4n) is 4.85. The number of carbonyl (C=O) groups is 2. The predicted octanol–water partition coefficient (Wildman–Crippen LogP) is 2.71. The van der Waals surface area contributed by atoms with Crippen LogP contribution in [0.4, 0.5) is 5.69 Å². The van der Waals surface area contributed by atoms with Crippen molar-refractivity contribution in [1.29, 1.82) is 0 Å². The molecule has 1 N–H and O–H groups in total. The molecule has 1 aromatic rings. The first-order valence-corrected chi connectivity index (χ1v) is 10.6. The van der Waals surface area contributed by atoms with Gasteiger partial charge in [-0.25, -0.2) is 0 Å². The van der Waals surface area contributed by atoms with E-state index in [9.17, 15) is 9.59 Å². The molecule has 0 bridgehead atoms. The Hall–Kier alpha value is -2.28. The monoisotopic (exact) mass is 401 g/mol. The first-order valence-electron chi connectivity index (χ1n) is 10.6. The van der Waals surface area contributed by atoms with Crippen LogP contribution >= 0.6 is 0 Å². The molecule has 0 aliphatic carbocycles. The lowest BCUT2D eigenvalue weighted by molar-refractivity contribution is -0.144. The molecule has 2 fully saturated rings. The maximum absolute atomic E-state index is 13.6. The zero-order valence-corrected chi connectivity index (χ0v) is 17.6. The number of piperidine rings is 1. The highest BCUT2D eigenvalue weighted by Crippen LogP contribution is 2.38. The molecule has 29 heavy (non-hydrogen) atoms. The van der Waals surface area contributed by atoms with Gasteiger partial charge in [0, 0.05) is 37.8 Å². The summed E-state index contributed by atoms with van der Waals surface area (Å²) in [6.07, 6.45) is 2.87. The Morgan fingerprint density at radius 1 is 1.24 bits per heavy atom. The van der Waals surface area contributed by atoms with Crippen molar-refractivity contribution >= 4 is 17.5 Å². The summed E-state index contributed by atoms with van der Waals surface area (Å²) in [6, 6.07) is 5.41. The van der Waals surface area contributed by atoms with Crippen LogP contribution in [0, 0.1) is 11.8 Å². The summed E-state index contributed by atoms with van der Waals surface area (Å²) in [4.78, 5) is 30.6. The number of amides is 2. The van der Waals surface area contributed by atoms with Crippen LogP contribution in [0.5, 0.6) is 11.5 Å². The molecular formula is C22H31N3O4. The van der Waals surface area contributed by atoms with E-state index in [0.29, 0.717) is 54.8 Å². The van der Waals surface area contributed by atoms with Gasteiger partial charge in [-0.05, 0) is 50.3 Å². The van der Waals surface area contributed by atoms with Gasteiger partial charge in [-0.15, -0.1) is 0 Å². The molecule has 158 valence electrons. The SMILES string of the molecule is CC(C)C[C@H]1CC(=O)N(C2(C(=O)Nc3ccc4c(c3)OCO4)CCN(C)CC2)C1. The van der Waals surface area contributed by atoms with E-state index in [1.165, 1.54) is 0 Å². The molecule has 0 unspecified atom stereocenters. The molecule has 2 amide bonds. The summed E-state index contributed by atoms with van der Waals surface area (Å²) >= 11 is 0. The molecular weight excluding hydrogens is 370 g/mol. The molecule has 0 aromatic heterocycles. The number of nitrogens with one attached hydrogen (secondary N) is 1. The molecule has 1 atom stereocenters. The van der Waals surface area contributed by atoms with E-state index in [1.54, 1.807) is 12.1 Å². The van der Waals surface area contributed by atoms with Crippen LogP contribution in [0.3, 0.4) is 0 Å². The van der Waals surface area contributed by atoms with E-state index in [1.807, 2.05) is 11.0 Å². The highest BCUT2D eigenvalue weighted by atomic mass is 16.7. The van der Waals surface area contributed by atoms with E-state index < -0.39 is 5.54 Å². The normalized spacial score (nSPS) is 23.7. The van der Waals surface area contributed by atoms with Gasteiger partial charge in [0.25, 0.3) is 0 Å². The number of nitrogens with zero attached hydrogens (tertiary/aromatic N) is 2. The smallest absolute Gasteiger partial charge is 0.250 e. The van der Waals surface area contributed by atoms with Gasteiger partial charge in [-0.3, -0.25) is 9.59 Å². The maximum Gasteiger partial charge on any atom is 0.250 e. The van der Waals surface area contributed by atoms with Crippen LogP contribution in [0.15, 0.2) is 18.2 Å². The number of hydrogen-bond acceptors (Lipinski definition) is 5. The zero-order chi connectivity index (χ0) is 20.6. The van der Waals surface area contributed by atoms with Crippen LogP contribution in [0.25, 0.3) is 0 Å². The van der Waals surface area contributed by atoms with Gasteiger partial charge < -0.3 is 24.6 Å². The number of fused-ring (bicyclic) bond motifs is 1. The number of carbonyl (C=O) groups excluding carboxylic acids is 2. The Bertz CT molecular complexity index is 786.